The van der Waals surface area contributed by atoms with Gasteiger partial charge in [-0.05, 0) is 18.2 Å². The summed E-state index contributed by atoms with van der Waals surface area (Å²) in [6.07, 6.45) is 4.43. The molecule has 2 aromatic rings. The van der Waals surface area contributed by atoms with Gasteiger partial charge in [-0.1, -0.05) is 11.6 Å². The highest BCUT2D eigenvalue weighted by molar-refractivity contribution is 6.34. The lowest BCUT2D eigenvalue weighted by molar-refractivity contribution is 0.262. The quantitative estimate of drug-likeness (QED) is 0.725. The van der Waals surface area contributed by atoms with Gasteiger partial charge in [-0.2, -0.15) is 0 Å². The first-order valence-electron chi connectivity index (χ1n) is 5.04. The normalized spacial score (nSPS) is 9.83. The van der Waals surface area contributed by atoms with Crippen LogP contribution in [0.2, 0.25) is 5.02 Å². The summed E-state index contributed by atoms with van der Waals surface area (Å²) in [6.45, 7) is 0. The van der Waals surface area contributed by atoms with Crippen LogP contribution < -0.4 is 16.4 Å². The Hall–Kier alpha value is -2.34. The van der Waals surface area contributed by atoms with Crippen LogP contribution in [0, 0.1) is 0 Å². The molecule has 0 aliphatic carbocycles. The van der Waals surface area contributed by atoms with Gasteiger partial charge in [-0.25, -0.2) is 9.78 Å². The maximum atomic E-state index is 11.6. The molecular formula is C11H10ClN5O. The number of nitrogens with zero attached hydrogens (tertiary/aromatic N) is 2. The lowest BCUT2D eigenvalue weighted by Crippen LogP contribution is -2.20. The standard InChI is InChI=1S/C11H10ClN5O/c12-8-5-7(13)1-2-9(8)16-11(18)17-10-6-14-3-4-15-10/h1-6H,13H2,(H2,15,16,17,18). The Morgan fingerprint density at radius 3 is 2.78 bits per heavy atom. The molecule has 0 saturated carbocycles. The smallest absolute Gasteiger partial charge is 0.324 e. The summed E-state index contributed by atoms with van der Waals surface area (Å²) < 4.78 is 0. The second-order valence-electron chi connectivity index (χ2n) is 3.41. The van der Waals surface area contributed by atoms with E-state index in [1.165, 1.54) is 18.6 Å². The van der Waals surface area contributed by atoms with E-state index in [1.54, 1.807) is 18.2 Å². The fourth-order valence-electron chi connectivity index (χ4n) is 1.27. The minimum Gasteiger partial charge on any atom is -0.399 e. The number of rotatable bonds is 2. The summed E-state index contributed by atoms with van der Waals surface area (Å²) >= 11 is 5.93. The number of amides is 2. The van der Waals surface area contributed by atoms with E-state index >= 15 is 0 Å². The number of nitrogen functional groups attached to an aromatic ring is 1. The third-order valence-corrected chi connectivity index (χ3v) is 2.36. The van der Waals surface area contributed by atoms with E-state index in [2.05, 4.69) is 20.6 Å². The van der Waals surface area contributed by atoms with Gasteiger partial charge in [-0.3, -0.25) is 10.3 Å². The van der Waals surface area contributed by atoms with Crippen molar-refractivity contribution < 1.29 is 4.79 Å². The van der Waals surface area contributed by atoms with Crippen LogP contribution in [0.4, 0.5) is 22.0 Å². The molecule has 2 rings (SSSR count). The Kier molecular flexibility index (Phi) is 3.59. The highest BCUT2D eigenvalue weighted by Crippen LogP contribution is 2.23. The fourth-order valence-corrected chi connectivity index (χ4v) is 1.50. The molecule has 0 aliphatic heterocycles. The van der Waals surface area contributed by atoms with E-state index in [9.17, 15) is 4.79 Å². The molecule has 18 heavy (non-hydrogen) atoms. The molecule has 0 fully saturated rings. The predicted octanol–water partition coefficient (Wildman–Crippen LogP) is 2.36. The number of anilines is 3. The molecule has 1 heterocycles. The molecule has 0 spiro atoms. The van der Waals surface area contributed by atoms with Crippen LogP contribution in [0.15, 0.2) is 36.8 Å². The molecule has 92 valence electrons. The largest absolute Gasteiger partial charge is 0.399 e. The zero-order chi connectivity index (χ0) is 13.0. The third kappa shape index (κ3) is 3.08. The van der Waals surface area contributed by atoms with Gasteiger partial charge >= 0.3 is 6.03 Å². The summed E-state index contributed by atoms with van der Waals surface area (Å²) in [6, 6.07) is 4.36. The van der Waals surface area contributed by atoms with Crippen molar-refractivity contribution >= 4 is 34.8 Å². The fraction of sp³-hybridized carbons (Fsp3) is 0. The molecule has 0 atom stereocenters. The van der Waals surface area contributed by atoms with Gasteiger partial charge in [0.2, 0.25) is 0 Å². The molecule has 4 N–H and O–H groups in total. The van der Waals surface area contributed by atoms with E-state index < -0.39 is 6.03 Å². The second-order valence-corrected chi connectivity index (χ2v) is 3.82. The lowest BCUT2D eigenvalue weighted by atomic mass is 10.3. The lowest BCUT2D eigenvalue weighted by Gasteiger charge is -2.08. The summed E-state index contributed by atoms with van der Waals surface area (Å²) in [5.41, 5.74) is 6.54. The third-order valence-electron chi connectivity index (χ3n) is 2.05. The average molecular weight is 264 g/mol. The molecular weight excluding hydrogens is 254 g/mol. The van der Waals surface area contributed by atoms with Gasteiger partial charge in [0.05, 0.1) is 16.9 Å². The summed E-state index contributed by atoms with van der Waals surface area (Å²) in [5.74, 6) is 0.349. The van der Waals surface area contributed by atoms with Gasteiger partial charge in [0.25, 0.3) is 0 Å². The Labute approximate surface area is 108 Å². The van der Waals surface area contributed by atoms with E-state index in [-0.39, 0.29) is 0 Å². The van der Waals surface area contributed by atoms with Crippen LogP contribution in [0.25, 0.3) is 0 Å². The number of carbonyl (C=O) groups is 1. The molecule has 1 aromatic carbocycles. The summed E-state index contributed by atoms with van der Waals surface area (Å²) in [5, 5.41) is 5.46. The van der Waals surface area contributed by atoms with Crippen LogP contribution in [0.5, 0.6) is 0 Å². The van der Waals surface area contributed by atoms with Crippen LogP contribution in [-0.4, -0.2) is 16.0 Å². The Morgan fingerprint density at radius 2 is 2.11 bits per heavy atom. The molecule has 1 aromatic heterocycles. The monoisotopic (exact) mass is 263 g/mol. The van der Waals surface area contributed by atoms with Crippen molar-refractivity contribution in [2.75, 3.05) is 16.4 Å². The maximum Gasteiger partial charge on any atom is 0.324 e. The SMILES string of the molecule is Nc1ccc(NC(=O)Nc2cnccn2)c(Cl)c1. The number of aromatic nitrogens is 2. The van der Waals surface area contributed by atoms with Crippen molar-refractivity contribution in [1.82, 2.24) is 9.97 Å². The van der Waals surface area contributed by atoms with Crippen LogP contribution in [0.3, 0.4) is 0 Å². The van der Waals surface area contributed by atoms with Crippen molar-refractivity contribution in [2.24, 2.45) is 0 Å². The first kappa shape index (κ1) is 12.1. The first-order valence-corrected chi connectivity index (χ1v) is 5.42. The van der Waals surface area contributed by atoms with E-state index in [1.807, 2.05) is 0 Å². The Morgan fingerprint density at radius 1 is 1.28 bits per heavy atom. The number of nitrogens with one attached hydrogen (secondary N) is 2. The van der Waals surface area contributed by atoms with Gasteiger partial charge in [-0.15, -0.1) is 0 Å². The molecule has 0 radical (unpaired) electrons. The molecule has 0 bridgehead atoms. The number of nitrogens with two attached hydrogens (primary N) is 1. The van der Waals surface area contributed by atoms with Gasteiger partial charge in [0.15, 0.2) is 5.82 Å². The van der Waals surface area contributed by atoms with Crippen molar-refractivity contribution in [1.29, 1.82) is 0 Å². The van der Waals surface area contributed by atoms with Crippen LogP contribution >= 0.6 is 11.6 Å². The number of urea groups is 1. The highest BCUT2D eigenvalue weighted by atomic mass is 35.5. The summed E-state index contributed by atoms with van der Waals surface area (Å²) in [7, 11) is 0. The highest BCUT2D eigenvalue weighted by Gasteiger charge is 2.06. The molecule has 0 saturated heterocycles. The van der Waals surface area contributed by atoms with Crippen LogP contribution in [0.1, 0.15) is 0 Å². The van der Waals surface area contributed by atoms with E-state index in [0.717, 1.165) is 0 Å². The number of hydrogen-bond acceptors (Lipinski definition) is 4. The molecule has 2 amide bonds. The molecule has 0 aliphatic rings. The Bertz CT molecular complexity index is 561. The number of benzene rings is 1. The van der Waals surface area contributed by atoms with Crippen molar-refractivity contribution in [2.45, 2.75) is 0 Å². The van der Waals surface area contributed by atoms with E-state index in [0.29, 0.717) is 22.2 Å². The molecule has 0 unspecified atom stereocenters. The van der Waals surface area contributed by atoms with Crippen molar-refractivity contribution in [3.05, 3.63) is 41.8 Å². The zero-order valence-corrected chi connectivity index (χ0v) is 9.98. The Balaban J connectivity index is 2.03. The van der Waals surface area contributed by atoms with Gasteiger partial charge in [0, 0.05) is 18.1 Å². The van der Waals surface area contributed by atoms with Crippen LogP contribution in [-0.2, 0) is 0 Å². The molecule has 6 nitrogen and oxygen atoms in total. The minimum absolute atomic E-state index is 0.349. The van der Waals surface area contributed by atoms with Gasteiger partial charge in [0.1, 0.15) is 0 Å². The second kappa shape index (κ2) is 5.33. The van der Waals surface area contributed by atoms with Gasteiger partial charge < -0.3 is 11.1 Å². The van der Waals surface area contributed by atoms with E-state index in [4.69, 9.17) is 17.3 Å². The van der Waals surface area contributed by atoms with Crippen molar-refractivity contribution in [3.8, 4) is 0 Å². The van der Waals surface area contributed by atoms with Crippen molar-refractivity contribution in [3.63, 3.8) is 0 Å². The minimum atomic E-state index is -0.456. The maximum absolute atomic E-state index is 11.6. The predicted molar refractivity (Wildman–Crippen MR) is 70.5 cm³/mol. The summed E-state index contributed by atoms with van der Waals surface area (Å²) in [4.78, 5) is 19.4. The first-order chi connectivity index (χ1) is 8.65. The molecule has 7 heteroatoms. The number of hydrogen-bond donors (Lipinski definition) is 3. The zero-order valence-electron chi connectivity index (χ0n) is 9.22. The topological polar surface area (TPSA) is 92.9 Å². The number of carbonyl (C=O) groups excluding carboxylic acids is 1. The number of halogens is 1. The average Bonchev–Trinajstić information content (AvgIpc) is 2.34.